The Kier molecular flexibility index (Phi) is 5.91. The van der Waals surface area contributed by atoms with Crippen molar-refractivity contribution in [1.82, 2.24) is 25.2 Å². The molecular weight excluding hydrogens is 380 g/mol. The van der Waals surface area contributed by atoms with Crippen molar-refractivity contribution in [2.45, 2.75) is 37.8 Å². The Bertz CT molecular complexity index is 911. The number of tetrazole rings is 1. The molecule has 0 saturated heterocycles. The molecule has 0 saturated carbocycles. The van der Waals surface area contributed by atoms with Crippen LogP contribution in [0.4, 0.5) is 5.13 Å². The second kappa shape index (κ2) is 8.18. The van der Waals surface area contributed by atoms with E-state index in [-0.39, 0.29) is 11.3 Å². The topological polar surface area (TPSA) is 85.6 Å². The molecule has 0 bridgehead atoms. The molecule has 2 heterocycles. The molecule has 1 N–H and O–H groups in total. The predicted molar refractivity (Wildman–Crippen MR) is 109 cm³/mol. The SMILES string of the molecule is Cn1nnnc1SCCC(=O)Nc1nc(-c2ccc(C(C)(C)C)cc2)cs1. The van der Waals surface area contributed by atoms with Crippen LogP contribution in [0.1, 0.15) is 32.8 Å². The van der Waals surface area contributed by atoms with Crippen molar-refractivity contribution in [3.05, 3.63) is 35.2 Å². The lowest BCUT2D eigenvalue weighted by atomic mass is 9.86. The van der Waals surface area contributed by atoms with Crippen LogP contribution >= 0.6 is 23.1 Å². The Morgan fingerprint density at radius 2 is 2.00 bits per heavy atom. The van der Waals surface area contributed by atoms with Crippen LogP contribution in [0.2, 0.25) is 0 Å². The highest BCUT2D eigenvalue weighted by Gasteiger charge is 2.14. The van der Waals surface area contributed by atoms with Gasteiger partial charge in [-0.15, -0.1) is 16.4 Å². The molecule has 9 heteroatoms. The van der Waals surface area contributed by atoms with E-state index in [1.807, 2.05) is 5.38 Å². The monoisotopic (exact) mass is 402 g/mol. The molecule has 0 unspecified atom stereocenters. The van der Waals surface area contributed by atoms with Gasteiger partial charge in [0.25, 0.3) is 0 Å². The van der Waals surface area contributed by atoms with E-state index in [2.05, 4.69) is 70.9 Å². The fraction of sp³-hybridized carbons (Fsp3) is 0.389. The second-order valence-electron chi connectivity index (χ2n) is 7.10. The molecule has 1 aromatic carbocycles. The van der Waals surface area contributed by atoms with E-state index in [0.29, 0.717) is 22.5 Å². The maximum atomic E-state index is 12.1. The van der Waals surface area contributed by atoms with Gasteiger partial charge in [0.05, 0.1) is 5.69 Å². The van der Waals surface area contributed by atoms with Crippen LogP contribution in [0, 0.1) is 0 Å². The largest absolute Gasteiger partial charge is 0.302 e. The highest BCUT2D eigenvalue weighted by molar-refractivity contribution is 7.99. The average molecular weight is 403 g/mol. The minimum Gasteiger partial charge on any atom is -0.302 e. The summed E-state index contributed by atoms with van der Waals surface area (Å²) in [7, 11) is 1.77. The Morgan fingerprint density at radius 1 is 1.26 bits per heavy atom. The summed E-state index contributed by atoms with van der Waals surface area (Å²) >= 11 is 2.88. The molecule has 7 nitrogen and oxygen atoms in total. The lowest BCUT2D eigenvalue weighted by molar-refractivity contribution is -0.115. The summed E-state index contributed by atoms with van der Waals surface area (Å²) in [4.78, 5) is 16.6. The van der Waals surface area contributed by atoms with Crippen molar-refractivity contribution in [3.8, 4) is 11.3 Å². The first-order valence-corrected chi connectivity index (χ1v) is 10.4. The normalized spacial score (nSPS) is 11.6. The highest BCUT2D eigenvalue weighted by Crippen LogP contribution is 2.28. The zero-order chi connectivity index (χ0) is 19.4. The maximum absolute atomic E-state index is 12.1. The van der Waals surface area contributed by atoms with Crippen LogP contribution in [0.5, 0.6) is 0 Å². The van der Waals surface area contributed by atoms with E-state index in [4.69, 9.17) is 0 Å². The van der Waals surface area contributed by atoms with Crippen molar-refractivity contribution in [1.29, 1.82) is 0 Å². The van der Waals surface area contributed by atoms with Gasteiger partial charge in [0, 0.05) is 30.2 Å². The van der Waals surface area contributed by atoms with E-state index in [9.17, 15) is 4.79 Å². The Morgan fingerprint density at radius 3 is 2.63 bits per heavy atom. The third-order valence-corrected chi connectivity index (χ3v) is 5.71. The van der Waals surface area contributed by atoms with E-state index >= 15 is 0 Å². The van der Waals surface area contributed by atoms with Gasteiger partial charge in [0.15, 0.2) is 5.13 Å². The number of aryl methyl sites for hydroxylation is 1. The van der Waals surface area contributed by atoms with Crippen LogP contribution in [0.15, 0.2) is 34.8 Å². The molecule has 1 amide bonds. The fourth-order valence-corrected chi connectivity index (χ4v) is 3.89. The molecule has 27 heavy (non-hydrogen) atoms. The number of thiazole rings is 1. The summed E-state index contributed by atoms with van der Waals surface area (Å²) in [5, 5.41) is 17.3. The van der Waals surface area contributed by atoms with Crippen LogP contribution in [0.25, 0.3) is 11.3 Å². The number of thioether (sulfide) groups is 1. The van der Waals surface area contributed by atoms with Crippen molar-refractivity contribution in [3.63, 3.8) is 0 Å². The number of nitrogens with one attached hydrogen (secondary N) is 1. The van der Waals surface area contributed by atoms with Gasteiger partial charge in [-0.05, 0) is 21.4 Å². The van der Waals surface area contributed by atoms with Crippen LogP contribution < -0.4 is 5.32 Å². The van der Waals surface area contributed by atoms with Gasteiger partial charge < -0.3 is 5.32 Å². The lowest BCUT2D eigenvalue weighted by Crippen LogP contribution is -2.12. The van der Waals surface area contributed by atoms with Crippen LogP contribution in [-0.4, -0.2) is 36.9 Å². The number of rotatable bonds is 6. The number of nitrogens with zero attached hydrogens (tertiary/aromatic N) is 5. The molecule has 3 aromatic rings. The summed E-state index contributed by atoms with van der Waals surface area (Å²) in [5.74, 6) is 0.536. The van der Waals surface area contributed by atoms with E-state index in [1.165, 1.54) is 28.7 Å². The van der Waals surface area contributed by atoms with Gasteiger partial charge in [-0.25, -0.2) is 9.67 Å². The van der Waals surface area contributed by atoms with Crippen LogP contribution in [0.3, 0.4) is 0 Å². The highest BCUT2D eigenvalue weighted by atomic mass is 32.2. The summed E-state index contributed by atoms with van der Waals surface area (Å²) in [6, 6.07) is 8.41. The third-order valence-electron chi connectivity index (χ3n) is 3.94. The number of hydrogen-bond acceptors (Lipinski definition) is 7. The number of carbonyl (C=O) groups is 1. The van der Waals surface area contributed by atoms with Crippen molar-refractivity contribution < 1.29 is 4.79 Å². The zero-order valence-electron chi connectivity index (χ0n) is 15.8. The van der Waals surface area contributed by atoms with Gasteiger partial charge in [0.1, 0.15) is 0 Å². The van der Waals surface area contributed by atoms with Crippen molar-refractivity contribution >= 4 is 34.1 Å². The first-order chi connectivity index (χ1) is 12.8. The molecule has 0 aliphatic heterocycles. The Labute approximate surface area is 166 Å². The molecule has 0 radical (unpaired) electrons. The Balaban J connectivity index is 1.54. The number of aromatic nitrogens is 5. The van der Waals surface area contributed by atoms with E-state index in [0.717, 1.165) is 11.3 Å². The number of anilines is 1. The van der Waals surface area contributed by atoms with E-state index in [1.54, 1.807) is 11.7 Å². The number of carbonyl (C=O) groups excluding carboxylic acids is 1. The van der Waals surface area contributed by atoms with Gasteiger partial charge in [-0.2, -0.15) is 0 Å². The standard InChI is InChI=1S/C18H22N6OS2/c1-18(2,3)13-7-5-12(6-8-13)14-11-27-16(19-14)20-15(25)9-10-26-17-21-22-23-24(17)4/h5-8,11H,9-10H2,1-4H3,(H,19,20,25). The average Bonchev–Trinajstić information content (AvgIpc) is 3.24. The minimum atomic E-state index is -0.0680. The van der Waals surface area contributed by atoms with Gasteiger partial charge in [-0.3, -0.25) is 4.79 Å². The zero-order valence-corrected chi connectivity index (χ0v) is 17.4. The number of amides is 1. The molecular formula is C18H22N6OS2. The fourth-order valence-electron chi connectivity index (χ4n) is 2.37. The van der Waals surface area contributed by atoms with Gasteiger partial charge in [-0.1, -0.05) is 56.8 Å². The Hall–Kier alpha value is -2.26. The first-order valence-electron chi connectivity index (χ1n) is 8.54. The van der Waals surface area contributed by atoms with E-state index < -0.39 is 0 Å². The number of benzene rings is 1. The second-order valence-corrected chi connectivity index (χ2v) is 9.02. The molecule has 0 aliphatic carbocycles. The quantitative estimate of drug-likeness (QED) is 0.632. The molecule has 0 spiro atoms. The molecule has 0 atom stereocenters. The van der Waals surface area contributed by atoms with Crippen LogP contribution in [-0.2, 0) is 17.3 Å². The number of hydrogen-bond donors (Lipinski definition) is 1. The molecule has 3 rings (SSSR count). The molecule has 0 fully saturated rings. The molecule has 2 aromatic heterocycles. The molecule has 142 valence electrons. The first kappa shape index (κ1) is 19.5. The summed E-state index contributed by atoms with van der Waals surface area (Å²) in [6.45, 7) is 6.58. The third kappa shape index (κ3) is 5.14. The summed E-state index contributed by atoms with van der Waals surface area (Å²) < 4.78 is 1.58. The summed E-state index contributed by atoms with van der Waals surface area (Å²) in [6.07, 6.45) is 0.368. The molecule has 0 aliphatic rings. The van der Waals surface area contributed by atoms with Gasteiger partial charge >= 0.3 is 0 Å². The van der Waals surface area contributed by atoms with Gasteiger partial charge in [0.2, 0.25) is 11.1 Å². The van der Waals surface area contributed by atoms with Crippen molar-refractivity contribution in [2.24, 2.45) is 7.05 Å². The predicted octanol–water partition coefficient (Wildman–Crippen LogP) is 3.75. The lowest BCUT2D eigenvalue weighted by Gasteiger charge is -2.18. The maximum Gasteiger partial charge on any atom is 0.226 e. The van der Waals surface area contributed by atoms with Crippen molar-refractivity contribution in [2.75, 3.05) is 11.1 Å². The smallest absolute Gasteiger partial charge is 0.226 e. The minimum absolute atomic E-state index is 0.0680. The summed E-state index contributed by atoms with van der Waals surface area (Å²) in [5.41, 5.74) is 3.32.